The lowest BCUT2D eigenvalue weighted by Gasteiger charge is -2.30. The van der Waals surface area contributed by atoms with Gasteiger partial charge in [-0.25, -0.2) is 18.3 Å². The monoisotopic (exact) mass is 579 g/mol. The van der Waals surface area contributed by atoms with Crippen LogP contribution in [0.3, 0.4) is 0 Å². The second-order valence-electron chi connectivity index (χ2n) is 6.76. The van der Waals surface area contributed by atoms with Crippen LogP contribution in [-0.4, -0.2) is 39.8 Å². The predicted molar refractivity (Wildman–Crippen MR) is 107 cm³/mol. The smallest absolute Gasteiger partial charge is 0.437 e. The Kier molecular flexibility index (Phi) is 6.79. The maximum atomic E-state index is 14.6. The van der Waals surface area contributed by atoms with Crippen molar-refractivity contribution in [1.29, 1.82) is 0 Å². The van der Waals surface area contributed by atoms with E-state index in [2.05, 4.69) is 25.8 Å². The highest BCUT2D eigenvalue weighted by Gasteiger charge is 2.75. The molecule has 0 saturated heterocycles. The summed E-state index contributed by atoms with van der Waals surface area (Å²) in [6.07, 6.45) is -10.6. The fraction of sp³-hybridized carbons (Fsp3) is 0.263. The van der Waals surface area contributed by atoms with Crippen LogP contribution in [0.4, 0.5) is 35.1 Å². The third-order valence-electron chi connectivity index (χ3n) is 4.78. The van der Waals surface area contributed by atoms with Crippen LogP contribution in [0.25, 0.3) is 16.9 Å². The Morgan fingerprint density at radius 2 is 1.71 bits per heavy atom. The molecule has 2 aromatic heterocycles. The van der Waals surface area contributed by atoms with Crippen molar-refractivity contribution in [2.75, 3.05) is 7.11 Å². The average molecular weight is 581 g/mol. The number of halogens is 10. The quantitative estimate of drug-likeness (QED) is 0.248. The number of nitrogens with zero attached hydrogens (tertiary/aromatic N) is 3. The molecule has 0 spiro atoms. The van der Waals surface area contributed by atoms with Gasteiger partial charge in [0.25, 0.3) is 0 Å². The molecule has 0 bridgehead atoms. The number of hydrogen-bond donors (Lipinski definition) is 0. The molecule has 2 heterocycles. The molecule has 0 fully saturated rings. The molecular formula is C19H11BrClF8N3O2. The lowest BCUT2D eigenvalue weighted by Crippen LogP contribution is -2.51. The van der Waals surface area contributed by atoms with Gasteiger partial charge in [0.05, 0.1) is 34.1 Å². The first-order valence-corrected chi connectivity index (χ1v) is 10.1. The number of benzene rings is 1. The topological polar surface area (TPSA) is 49.0 Å². The van der Waals surface area contributed by atoms with Crippen LogP contribution in [0.5, 0.6) is 0 Å². The summed E-state index contributed by atoms with van der Waals surface area (Å²) in [7, 11) is 1.12. The minimum absolute atomic E-state index is 0.0254. The van der Waals surface area contributed by atoms with E-state index in [0.29, 0.717) is 5.56 Å². The molecule has 0 aliphatic heterocycles. The molecule has 184 valence electrons. The molecule has 5 nitrogen and oxygen atoms in total. The van der Waals surface area contributed by atoms with Crippen molar-refractivity contribution in [3.63, 3.8) is 0 Å². The fourth-order valence-corrected chi connectivity index (χ4v) is 3.96. The number of esters is 1. The molecule has 0 unspecified atom stereocenters. The van der Waals surface area contributed by atoms with E-state index in [1.165, 1.54) is 18.2 Å². The number of carbonyl (C=O) groups is 1. The zero-order valence-electron chi connectivity index (χ0n) is 16.6. The highest BCUT2D eigenvalue weighted by atomic mass is 79.9. The summed E-state index contributed by atoms with van der Waals surface area (Å²) in [6, 6.07) is 4.30. The number of carbonyl (C=O) groups excluding carboxylic acids is 1. The number of ether oxygens (including phenoxy) is 1. The van der Waals surface area contributed by atoms with Crippen molar-refractivity contribution in [1.82, 2.24) is 14.3 Å². The largest absolute Gasteiger partial charge is 0.465 e. The Labute approximate surface area is 199 Å². The highest BCUT2D eigenvalue weighted by Crippen LogP contribution is 2.54. The molecule has 0 amide bonds. The molecule has 1 aromatic carbocycles. The minimum Gasteiger partial charge on any atom is -0.465 e. The van der Waals surface area contributed by atoms with Crippen LogP contribution >= 0.6 is 27.5 Å². The van der Waals surface area contributed by atoms with Gasteiger partial charge < -0.3 is 4.74 Å². The second-order valence-corrected chi connectivity index (χ2v) is 8.02. The van der Waals surface area contributed by atoms with Crippen LogP contribution in [0.15, 0.2) is 41.1 Å². The van der Waals surface area contributed by atoms with E-state index >= 15 is 0 Å². The number of aromatic nitrogens is 3. The van der Waals surface area contributed by atoms with Crippen molar-refractivity contribution >= 4 is 33.5 Å². The van der Waals surface area contributed by atoms with Crippen LogP contribution in [-0.2, 0) is 17.2 Å². The van der Waals surface area contributed by atoms with E-state index in [9.17, 15) is 39.9 Å². The Morgan fingerprint density at radius 3 is 2.24 bits per heavy atom. The number of methoxy groups -OCH3 is 1. The molecule has 34 heavy (non-hydrogen) atoms. The average Bonchev–Trinajstić information content (AvgIpc) is 3.35. The standard InChI is InChI=1S/C19H11BrClF8N3O2/c1-34-16(33)11-4-9(2-3-13(11)21)10-6-30-32(7-10)15-12(20)5-14(31(15)8-22)17(23,18(24,25)26)19(27,28)29/h2-7H,8H2,1H3. The third-order valence-corrected chi connectivity index (χ3v) is 5.69. The summed E-state index contributed by atoms with van der Waals surface area (Å²) >= 11 is 8.70. The van der Waals surface area contributed by atoms with E-state index in [0.717, 1.165) is 24.2 Å². The number of rotatable bonds is 5. The highest BCUT2D eigenvalue weighted by molar-refractivity contribution is 9.10. The number of hydrogen-bond acceptors (Lipinski definition) is 3. The third kappa shape index (κ3) is 4.17. The summed E-state index contributed by atoms with van der Waals surface area (Å²) < 4.78 is 112. The molecule has 0 aliphatic rings. The van der Waals surface area contributed by atoms with Crippen molar-refractivity contribution in [3.05, 3.63) is 57.4 Å². The Balaban J connectivity index is 2.16. The van der Waals surface area contributed by atoms with Crippen molar-refractivity contribution in [3.8, 4) is 16.9 Å². The first-order chi connectivity index (χ1) is 15.7. The lowest BCUT2D eigenvalue weighted by molar-refractivity contribution is -0.350. The van der Waals surface area contributed by atoms with Gasteiger partial charge in [0.2, 0.25) is 0 Å². The van der Waals surface area contributed by atoms with E-state index < -0.39 is 46.8 Å². The van der Waals surface area contributed by atoms with Crippen LogP contribution in [0, 0.1) is 0 Å². The number of alkyl halides is 8. The van der Waals surface area contributed by atoms with E-state index in [1.54, 1.807) is 0 Å². The van der Waals surface area contributed by atoms with Crippen molar-refractivity contribution < 1.29 is 44.7 Å². The van der Waals surface area contributed by atoms with E-state index in [4.69, 9.17) is 11.6 Å². The van der Waals surface area contributed by atoms with Crippen molar-refractivity contribution in [2.24, 2.45) is 0 Å². The molecule has 15 heteroatoms. The Morgan fingerprint density at radius 1 is 1.09 bits per heavy atom. The summed E-state index contributed by atoms with van der Waals surface area (Å²) in [5.41, 5.74) is -7.36. The van der Waals surface area contributed by atoms with Crippen LogP contribution < -0.4 is 0 Å². The molecule has 0 radical (unpaired) electrons. The predicted octanol–water partition coefficient (Wildman–Crippen LogP) is 6.76. The van der Waals surface area contributed by atoms with E-state index in [1.807, 2.05) is 0 Å². The summed E-state index contributed by atoms with van der Waals surface area (Å²) in [5, 5.41) is 3.89. The van der Waals surface area contributed by atoms with Gasteiger partial charge in [0.15, 0.2) is 12.6 Å². The summed E-state index contributed by atoms with van der Waals surface area (Å²) in [4.78, 5) is 11.8. The molecule has 0 atom stereocenters. The van der Waals surface area contributed by atoms with Crippen molar-refractivity contribution in [2.45, 2.75) is 24.8 Å². The van der Waals surface area contributed by atoms with Gasteiger partial charge in [0.1, 0.15) is 0 Å². The van der Waals surface area contributed by atoms with Gasteiger partial charge in [0, 0.05) is 11.8 Å². The maximum absolute atomic E-state index is 14.6. The van der Waals surface area contributed by atoms with Gasteiger partial charge in [-0.1, -0.05) is 17.7 Å². The SMILES string of the molecule is COC(=O)c1cc(-c2cnn(-c3c(Br)cc(C(F)(C(F)(F)F)C(F)(F)F)n3CF)c2)ccc1Cl. The first-order valence-electron chi connectivity index (χ1n) is 8.88. The Bertz CT molecular complexity index is 1220. The zero-order valence-corrected chi connectivity index (χ0v) is 19.0. The van der Waals surface area contributed by atoms with E-state index in [-0.39, 0.29) is 26.8 Å². The normalized spacial score (nSPS) is 12.8. The van der Waals surface area contributed by atoms with Gasteiger partial charge >= 0.3 is 24.0 Å². The second kappa shape index (κ2) is 8.87. The van der Waals surface area contributed by atoms with Gasteiger partial charge in [-0.05, 0) is 39.7 Å². The molecule has 0 saturated carbocycles. The molecular weight excluding hydrogens is 570 g/mol. The molecule has 3 rings (SSSR count). The minimum atomic E-state index is -6.43. The first kappa shape index (κ1) is 26.0. The molecule has 0 N–H and O–H groups in total. The van der Waals surface area contributed by atoms with Gasteiger partial charge in [-0.3, -0.25) is 4.57 Å². The van der Waals surface area contributed by atoms with Crippen LogP contribution in [0.2, 0.25) is 5.02 Å². The maximum Gasteiger partial charge on any atom is 0.437 e. The van der Waals surface area contributed by atoms with Crippen LogP contribution in [0.1, 0.15) is 16.1 Å². The molecule has 3 aromatic rings. The molecule has 0 aliphatic carbocycles. The van der Waals surface area contributed by atoms with Gasteiger partial charge in [-0.15, -0.1) is 0 Å². The lowest BCUT2D eigenvalue weighted by atomic mass is 10.0. The summed E-state index contributed by atoms with van der Waals surface area (Å²) in [6.45, 7) is -1.93. The zero-order chi connectivity index (χ0) is 25.6. The Hall–Kier alpha value is -2.61. The fourth-order valence-electron chi connectivity index (χ4n) is 3.16. The summed E-state index contributed by atoms with van der Waals surface area (Å²) in [5.74, 6) is -1.40. The van der Waals surface area contributed by atoms with Gasteiger partial charge in [-0.2, -0.15) is 31.4 Å².